The highest BCUT2D eigenvalue weighted by Crippen LogP contribution is 2.13. The van der Waals surface area contributed by atoms with Gasteiger partial charge in [0.2, 0.25) is 0 Å². The number of nitrogens with one attached hydrogen (secondary N) is 1. The third-order valence-corrected chi connectivity index (χ3v) is 2.55. The Bertz CT molecular complexity index is 430. The van der Waals surface area contributed by atoms with Gasteiger partial charge < -0.3 is 15.2 Å². The van der Waals surface area contributed by atoms with E-state index in [1.54, 1.807) is 19.1 Å². The Morgan fingerprint density at radius 2 is 2.17 bits per heavy atom. The number of carboxylic acids is 1. The Labute approximate surface area is 107 Å². The maximum atomic E-state index is 10.9. The second kappa shape index (κ2) is 5.82. The van der Waals surface area contributed by atoms with Gasteiger partial charge in [0.1, 0.15) is 5.82 Å². The molecule has 5 nitrogen and oxygen atoms in total. The number of aromatic carboxylic acids is 1. The molecule has 5 heteroatoms. The first-order chi connectivity index (χ1) is 8.35. The molecular weight excluding hydrogens is 232 g/mol. The minimum Gasteiger partial charge on any atom is -0.478 e. The van der Waals surface area contributed by atoms with Crippen molar-refractivity contribution in [3.05, 3.63) is 23.4 Å². The number of ether oxygens (including phenoxy) is 1. The molecule has 0 fully saturated rings. The van der Waals surface area contributed by atoms with Crippen LogP contribution in [0.25, 0.3) is 0 Å². The van der Waals surface area contributed by atoms with Crippen LogP contribution in [0.3, 0.4) is 0 Å². The third-order valence-electron chi connectivity index (χ3n) is 2.55. The summed E-state index contributed by atoms with van der Waals surface area (Å²) in [5, 5.41) is 12.1. The summed E-state index contributed by atoms with van der Waals surface area (Å²) in [6.45, 7) is 8.87. The molecule has 1 heterocycles. The van der Waals surface area contributed by atoms with Gasteiger partial charge >= 0.3 is 5.97 Å². The zero-order valence-electron chi connectivity index (χ0n) is 11.3. The van der Waals surface area contributed by atoms with Gasteiger partial charge in [-0.1, -0.05) is 0 Å². The van der Waals surface area contributed by atoms with Gasteiger partial charge in [0, 0.05) is 13.2 Å². The van der Waals surface area contributed by atoms with E-state index in [2.05, 4.69) is 10.3 Å². The Morgan fingerprint density at radius 3 is 2.67 bits per heavy atom. The molecule has 0 aliphatic heterocycles. The first-order valence-electron chi connectivity index (χ1n) is 5.94. The van der Waals surface area contributed by atoms with Crippen molar-refractivity contribution in [2.75, 3.05) is 18.5 Å². The number of carboxylic acid groups (broad SMARTS) is 1. The maximum absolute atomic E-state index is 10.9. The minimum absolute atomic E-state index is 0.226. The van der Waals surface area contributed by atoms with Gasteiger partial charge in [-0.3, -0.25) is 0 Å². The molecule has 0 aliphatic carbocycles. The lowest BCUT2D eigenvalue weighted by Crippen LogP contribution is -2.33. The molecule has 2 N–H and O–H groups in total. The van der Waals surface area contributed by atoms with Gasteiger partial charge in [0.15, 0.2) is 0 Å². The largest absolute Gasteiger partial charge is 0.478 e. The summed E-state index contributed by atoms with van der Waals surface area (Å²) in [6.07, 6.45) is 0. The average molecular weight is 252 g/mol. The highest BCUT2D eigenvalue weighted by molar-refractivity contribution is 5.89. The molecular formula is C13H20N2O3. The zero-order valence-corrected chi connectivity index (χ0v) is 11.3. The van der Waals surface area contributed by atoms with E-state index in [0.29, 0.717) is 24.7 Å². The standard InChI is InChI=1S/C13H20N2O3/c1-5-18-13(3,4)8-14-11-7-6-10(12(16)17)9(2)15-11/h6-7H,5,8H2,1-4H3,(H,14,15)(H,16,17). The Hall–Kier alpha value is -1.62. The summed E-state index contributed by atoms with van der Waals surface area (Å²) in [5.74, 6) is -0.300. The monoisotopic (exact) mass is 252 g/mol. The van der Waals surface area contributed by atoms with E-state index in [-0.39, 0.29) is 11.2 Å². The lowest BCUT2D eigenvalue weighted by atomic mass is 10.1. The molecule has 0 aromatic carbocycles. The molecule has 1 aromatic heterocycles. The van der Waals surface area contributed by atoms with Gasteiger partial charge in [-0.05, 0) is 39.8 Å². The second-order valence-electron chi connectivity index (χ2n) is 4.68. The van der Waals surface area contributed by atoms with Crippen LogP contribution >= 0.6 is 0 Å². The fourth-order valence-corrected chi connectivity index (χ4v) is 1.63. The van der Waals surface area contributed by atoms with E-state index in [1.165, 1.54) is 0 Å². The van der Waals surface area contributed by atoms with Crippen LogP contribution in [0.4, 0.5) is 5.82 Å². The number of aryl methyl sites for hydroxylation is 1. The zero-order chi connectivity index (χ0) is 13.8. The normalized spacial score (nSPS) is 11.3. The molecule has 0 spiro atoms. The lowest BCUT2D eigenvalue weighted by Gasteiger charge is -2.25. The third kappa shape index (κ3) is 4.00. The van der Waals surface area contributed by atoms with Crippen molar-refractivity contribution in [1.29, 1.82) is 0 Å². The van der Waals surface area contributed by atoms with Gasteiger partial charge in [0.25, 0.3) is 0 Å². The van der Waals surface area contributed by atoms with Crippen LogP contribution in [0.5, 0.6) is 0 Å². The molecule has 100 valence electrons. The quantitative estimate of drug-likeness (QED) is 0.813. The van der Waals surface area contributed by atoms with Crippen molar-refractivity contribution in [2.45, 2.75) is 33.3 Å². The summed E-state index contributed by atoms with van der Waals surface area (Å²) in [4.78, 5) is 15.1. The molecule has 0 bridgehead atoms. The molecule has 18 heavy (non-hydrogen) atoms. The molecule has 0 aliphatic rings. The summed E-state index contributed by atoms with van der Waals surface area (Å²) >= 11 is 0. The number of carbonyl (C=O) groups is 1. The summed E-state index contributed by atoms with van der Waals surface area (Å²) in [5.41, 5.74) is 0.446. The predicted octanol–water partition coefficient (Wildman–Crippen LogP) is 2.32. The Morgan fingerprint density at radius 1 is 1.50 bits per heavy atom. The number of hydrogen-bond donors (Lipinski definition) is 2. The van der Waals surface area contributed by atoms with Crippen LogP contribution in [0.1, 0.15) is 36.8 Å². The van der Waals surface area contributed by atoms with Crippen LogP contribution < -0.4 is 5.32 Å². The summed E-state index contributed by atoms with van der Waals surface area (Å²) in [6, 6.07) is 3.22. The fourth-order valence-electron chi connectivity index (χ4n) is 1.63. The lowest BCUT2D eigenvalue weighted by molar-refractivity contribution is 0.000631. The highest BCUT2D eigenvalue weighted by Gasteiger charge is 2.17. The number of rotatable bonds is 6. The van der Waals surface area contributed by atoms with E-state index in [0.717, 1.165) is 0 Å². The molecule has 0 radical (unpaired) electrons. The van der Waals surface area contributed by atoms with Crippen molar-refractivity contribution < 1.29 is 14.6 Å². The van der Waals surface area contributed by atoms with E-state index in [9.17, 15) is 4.79 Å². The van der Waals surface area contributed by atoms with Crippen molar-refractivity contribution in [3.8, 4) is 0 Å². The first kappa shape index (κ1) is 14.4. The van der Waals surface area contributed by atoms with Crippen LogP contribution in [0, 0.1) is 6.92 Å². The maximum Gasteiger partial charge on any atom is 0.337 e. The SMILES string of the molecule is CCOC(C)(C)CNc1ccc(C(=O)O)c(C)n1. The first-order valence-corrected chi connectivity index (χ1v) is 5.94. The van der Waals surface area contributed by atoms with Crippen molar-refractivity contribution in [1.82, 2.24) is 4.98 Å². The molecule has 1 rings (SSSR count). The van der Waals surface area contributed by atoms with E-state index in [4.69, 9.17) is 9.84 Å². The molecule has 0 amide bonds. The van der Waals surface area contributed by atoms with E-state index in [1.807, 2.05) is 20.8 Å². The summed E-state index contributed by atoms with van der Waals surface area (Å²) < 4.78 is 5.56. The average Bonchev–Trinajstić information content (AvgIpc) is 2.26. The molecule has 0 unspecified atom stereocenters. The Balaban J connectivity index is 2.70. The van der Waals surface area contributed by atoms with E-state index < -0.39 is 5.97 Å². The number of nitrogens with zero attached hydrogens (tertiary/aromatic N) is 1. The van der Waals surface area contributed by atoms with Gasteiger partial charge in [0.05, 0.1) is 16.9 Å². The van der Waals surface area contributed by atoms with Crippen LogP contribution in [-0.2, 0) is 4.74 Å². The fraction of sp³-hybridized carbons (Fsp3) is 0.538. The smallest absolute Gasteiger partial charge is 0.337 e. The number of aromatic nitrogens is 1. The van der Waals surface area contributed by atoms with Crippen LogP contribution in [-0.4, -0.2) is 34.8 Å². The second-order valence-corrected chi connectivity index (χ2v) is 4.68. The minimum atomic E-state index is -0.957. The van der Waals surface area contributed by atoms with Crippen LogP contribution in [0.15, 0.2) is 12.1 Å². The topological polar surface area (TPSA) is 71.5 Å². The molecule has 0 saturated carbocycles. The molecule has 0 atom stereocenters. The summed E-state index contributed by atoms with van der Waals surface area (Å²) in [7, 11) is 0. The highest BCUT2D eigenvalue weighted by atomic mass is 16.5. The molecule has 0 saturated heterocycles. The van der Waals surface area contributed by atoms with Crippen LogP contribution in [0.2, 0.25) is 0 Å². The van der Waals surface area contributed by atoms with Crippen molar-refractivity contribution >= 4 is 11.8 Å². The number of anilines is 1. The van der Waals surface area contributed by atoms with Gasteiger partial charge in [-0.15, -0.1) is 0 Å². The van der Waals surface area contributed by atoms with Crippen molar-refractivity contribution in [2.24, 2.45) is 0 Å². The predicted molar refractivity (Wildman–Crippen MR) is 70.1 cm³/mol. The van der Waals surface area contributed by atoms with Gasteiger partial charge in [-0.25, -0.2) is 9.78 Å². The molecule has 1 aromatic rings. The number of pyridine rings is 1. The number of hydrogen-bond acceptors (Lipinski definition) is 4. The Kier molecular flexibility index (Phi) is 4.67. The van der Waals surface area contributed by atoms with E-state index >= 15 is 0 Å². The van der Waals surface area contributed by atoms with Gasteiger partial charge in [-0.2, -0.15) is 0 Å². The van der Waals surface area contributed by atoms with Crippen molar-refractivity contribution in [3.63, 3.8) is 0 Å².